The number of nitrogens with one attached hydrogen (secondary N) is 1. The number of hydrogen-bond donors (Lipinski definition) is 3. The predicted octanol–water partition coefficient (Wildman–Crippen LogP) is 2.53. The molecule has 0 aliphatic carbocycles. The van der Waals surface area contributed by atoms with Crippen LogP contribution in [0.2, 0.25) is 0 Å². The minimum atomic E-state index is 0.122. The quantitative estimate of drug-likeness (QED) is 0.338. The van der Waals surface area contributed by atoms with Crippen LogP contribution in [0.4, 0.5) is 0 Å². The zero-order valence-electron chi connectivity index (χ0n) is 11.6. The molecule has 0 saturated carbocycles. The molecule has 0 aliphatic rings. The average molecular weight is 273 g/mol. The molecule has 1 atom stereocenters. The fraction of sp³-hybridized carbons (Fsp3) is 0.267. The number of nitrogens with two attached hydrogens (primary N) is 1. The van der Waals surface area contributed by atoms with E-state index in [0.29, 0.717) is 5.56 Å². The Morgan fingerprint density at radius 3 is 2.85 bits per heavy atom. The monoisotopic (exact) mass is 273 g/mol. The van der Waals surface area contributed by atoms with Crippen molar-refractivity contribution < 1.29 is 9.62 Å². The summed E-state index contributed by atoms with van der Waals surface area (Å²) in [7, 11) is 0. The maximum atomic E-state index is 8.67. The molecule has 0 aliphatic heterocycles. The van der Waals surface area contributed by atoms with Crippen molar-refractivity contribution in [2.45, 2.75) is 26.4 Å². The van der Waals surface area contributed by atoms with Crippen LogP contribution in [0.5, 0.6) is 0 Å². The van der Waals surface area contributed by atoms with E-state index in [1.54, 1.807) is 6.26 Å². The molecule has 0 unspecified atom stereocenters. The summed E-state index contributed by atoms with van der Waals surface area (Å²) in [6.07, 6.45) is 1.67. The Hall–Kier alpha value is -2.27. The third-order valence-electron chi connectivity index (χ3n) is 3.31. The summed E-state index contributed by atoms with van der Waals surface area (Å²) >= 11 is 0. The van der Waals surface area contributed by atoms with Gasteiger partial charge in [-0.25, -0.2) is 0 Å². The number of aryl methyl sites for hydroxylation is 1. The second-order valence-corrected chi connectivity index (χ2v) is 4.74. The number of furan rings is 1. The van der Waals surface area contributed by atoms with Crippen molar-refractivity contribution in [3.05, 3.63) is 59.0 Å². The second kappa shape index (κ2) is 6.25. The predicted molar refractivity (Wildman–Crippen MR) is 77.7 cm³/mol. The number of rotatable bonds is 5. The summed E-state index contributed by atoms with van der Waals surface area (Å²) in [6.45, 7) is 4.78. The Morgan fingerprint density at radius 1 is 1.45 bits per heavy atom. The van der Waals surface area contributed by atoms with Crippen LogP contribution >= 0.6 is 0 Å². The Bertz CT molecular complexity index is 591. The molecule has 0 spiro atoms. The Balaban J connectivity index is 2.03. The molecule has 2 aromatic rings. The van der Waals surface area contributed by atoms with E-state index >= 15 is 0 Å². The molecule has 1 aromatic carbocycles. The minimum absolute atomic E-state index is 0.122. The Kier molecular flexibility index (Phi) is 4.42. The molecule has 2 rings (SSSR count). The minimum Gasteiger partial charge on any atom is -0.468 e. The molecule has 1 aromatic heterocycles. The largest absolute Gasteiger partial charge is 0.468 e. The third-order valence-corrected chi connectivity index (χ3v) is 3.31. The van der Waals surface area contributed by atoms with Gasteiger partial charge in [0.15, 0.2) is 5.84 Å². The summed E-state index contributed by atoms with van der Waals surface area (Å²) in [5.74, 6) is 1.03. The summed E-state index contributed by atoms with van der Waals surface area (Å²) in [6, 6.07) is 9.70. The maximum Gasteiger partial charge on any atom is 0.170 e. The number of nitrogens with zero attached hydrogens (tertiary/aromatic N) is 1. The lowest BCUT2D eigenvalue weighted by Gasteiger charge is -2.13. The molecule has 1 heterocycles. The first kappa shape index (κ1) is 14.1. The van der Waals surface area contributed by atoms with E-state index in [2.05, 4.69) is 17.4 Å². The summed E-state index contributed by atoms with van der Waals surface area (Å²) in [5, 5.41) is 15.1. The van der Waals surface area contributed by atoms with Crippen LogP contribution in [-0.4, -0.2) is 11.0 Å². The van der Waals surface area contributed by atoms with E-state index in [9.17, 15) is 0 Å². The molecule has 4 N–H and O–H groups in total. The van der Waals surface area contributed by atoms with Gasteiger partial charge < -0.3 is 20.7 Å². The Labute approximate surface area is 118 Å². The van der Waals surface area contributed by atoms with Gasteiger partial charge in [0.05, 0.1) is 12.3 Å². The van der Waals surface area contributed by atoms with Crippen LogP contribution in [0.3, 0.4) is 0 Å². The first-order valence-corrected chi connectivity index (χ1v) is 6.46. The first-order chi connectivity index (χ1) is 9.61. The van der Waals surface area contributed by atoms with Crippen LogP contribution in [-0.2, 0) is 6.54 Å². The third kappa shape index (κ3) is 3.19. The van der Waals surface area contributed by atoms with Gasteiger partial charge in [0.25, 0.3) is 0 Å². The van der Waals surface area contributed by atoms with Crippen molar-refractivity contribution in [2.24, 2.45) is 10.9 Å². The summed E-state index contributed by atoms with van der Waals surface area (Å²) in [5.41, 5.74) is 8.54. The van der Waals surface area contributed by atoms with E-state index in [-0.39, 0.29) is 11.9 Å². The van der Waals surface area contributed by atoms with Crippen molar-refractivity contribution in [2.75, 3.05) is 0 Å². The number of amidine groups is 1. The smallest absolute Gasteiger partial charge is 0.170 e. The van der Waals surface area contributed by atoms with E-state index in [4.69, 9.17) is 15.4 Å². The fourth-order valence-electron chi connectivity index (χ4n) is 2.01. The SMILES string of the molecule is Cc1cc(/C(N)=N/O)ccc1CN[C@H](C)c1ccco1. The van der Waals surface area contributed by atoms with Crippen molar-refractivity contribution in [1.82, 2.24) is 5.32 Å². The van der Waals surface area contributed by atoms with E-state index in [1.165, 1.54) is 0 Å². The van der Waals surface area contributed by atoms with Crippen molar-refractivity contribution in [3.63, 3.8) is 0 Å². The summed E-state index contributed by atoms with van der Waals surface area (Å²) in [4.78, 5) is 0. The molecule has 0 radical (unpaired) electrons. The maximum absolute atomic E-state index is 8.67. The molecule has 20 heavy (non-hydrogen) atoms. The first-order valence-electron chi connectivity index (χ1n) is 6.46. The van der Waals surface area contributed by atoms with Gasteiger partial charge in [-0.1, -0.05) is 17.3 Å². The highest BCUT2D eigenvalue weighted by molar-refractivity contribution is 5.97. The summed E-state index contributed by atoms with van der Waals surface area (Å²) < 4.78 is 5.36. The fourth-order valence-corrected chi connectivity index (χ4v) is 2.01. The normalized spacial score (nSPS) is 13.4. The molecule has 0 saturated heterocycles. The number of benzene rings is 1. The second-order valence-electron chi connectivity index (χ2n) is 4.74. The number of hydrogen-bond acceptors (Lipinski definition) is 4. The topological polar surface area (TPSA) is 83.8 Å². The molecule has 106 valence electrons. The van der Waals surface area contributed by atoms with Gasteiger partial charge in [-0.2, -0.15) is 0 Å². The number of oxime groups is 1. The highest BCUT2D eigenvalue weighted by Crippen LogP contribution is 2.15. The lowest BCUT2D eigenvalue weighted by atomic mass is 10.0. The van der Waals surface area contributed by atoms with Gasteiger partial charge in [0.1, 0.15) is 5.76 Å². The Morgan fingerprint density at radius 2 is 2.25 bits per heavy atom. The zero-order chi connectivity index (χ0) is 14.5. The molecule has 5 heteroatoms. The molecular weight excluding hydrogens is 254 g/mol. The molecule has 0 amide bonds. The van der Waals surface area contributed by atoms with Gasteiger partial charge in [-0.3, -0.25) is 0 Å². The van der Waals surface area contributed by atoms with Gasteiger partial charge in [-0.15, -0.1) is 0 Å². The molecule has 0 fully saturated rings. The van der Waals surface area contributed by atoms with Gasteiger partial charge in [0.2, 0.25) is 0 Å². The lowest BCUT2D eigenvalue weighted by molar-refractivity contribution is 0.318. The van der Waals surface area contributed by atoms with Crippen LogP contribution in [0.1, 0.15) is 35.4 Å². The average Bonchev–Trinajstić information content (AvgIpc) is 2.99. The molecular formula is C15H19N3O2. The standard InChI is InChI=1S/C15H19N3O2/c1-10-8-12(15(16)18-19)5-6-13(10)9-17-11(2)14-4-3-7-20-14/h3-8,11,17,19H,9H2,1-2H3,(H2,16,18)/t11-/m1/s1. The highest BCUT2D eigenvalue weighted by Gasteiger charge is 2.09. The highest BCUT2D eigenvalue weighted by atomic mass is 16.4. The lowest BCUT2D eigenvalue weighted by Crippen LogP contribution is -2.19. The van der Waals surface area contributed by atoms with Crippen LogP contribution in [0.15, 0.2) is 46.2 Å². The van der Waals surface area contributed by atoms with Crippen LogP contribution in [0, 0.1) is 6.92 Å². The molecule has 5 nitrogen and oxygen atoms in total. The van der Waals surface area contributed by atoms with Gasteiger partial charge in [-0.05, 0) is 43.2 Å². The van der Waals surface area contributed by atoms with Crippen molar-refractivity contribution >= 4 is 5.84 Å². The van der Waals surface area contributed by atoms with Crippen molar-refractivity contribution in [3.8, 4) is 0 Å². The van der Waals surface area contributed by atoms with Crippen LogP contribution < -0.4 is 11.1 Å². The van der Waals surface area contributed by atoms with E-state index in [0.717, 1.165) is 23.4 Å². The van der Waals surface area contributed by atoms with E-state index in [1.807, 2.05) is 37.3 Å². The van der Waals surface area contributed by atoms with Gasteiger partial charge >= 0.3 is 0 Å². The van der Waals surface area contributed by atoms with Gasteiger partial charge in [0, 0.05) is 12.1 Å². The van der Waals surface area contributed by atoms with Crippen LogP contribution in [0.25, 0.3) is 0 Å². The van der Waals surface area contributed by atoms with Crippen molar-refractivity contribution in [1.29, 1.82) is 0 Å². The molecule has 0 bridgehead atoms. The zero-order valence-corrected chi connectivity index (χ0v) is 11.6. The van der Waals surface area contributed by atoms with E-state index < -0.39 is 0 Å².